The minimum Gasteiger partial charge on any atom is -0.504 e. The fourth-order valence-corrected chi connectivity index (χ4v) is 5.43. The van der Waals surface area contributed by atoms with Gasteiger partial charge in [0, 0.05) is 17.1 Å². The van der Waals surface area contributed by atoms with E-state index < -0.39 is 0 Å². The van der Waals surface area contributed by atoms with E-state index in [0.29, 0.717) is 5.52 Å². The van der Waals surface area contributed by atoms with Crippen molar-refractivity contribution < 1.29 is 10.2 Å². The Morgan fingerprint density at radius 1 is 0.862 bits per heavy atom. The SMILES string of the molecule is Cc1ccc2ccn3c(nc4c(O)c(O)c5c(c43)C(C)(C)C(C)(C)C5(C)C)c2c1. The van der Waals surface area contributed by atoms with Gasteiger partial charge in [-0.15, -0.1) is 0 Å². The average molecular weight is 389 g/mol. The molecule has 2 aromatic heterocycles. The summed E-state index contributed by atoms with van der Waals surface area (Å²) in [6.07, 6.45) is 2.04. The second-order valence-electron chi connectivity index (χ2n) is 10.2. The molecule has 0 amide bonds. The number of nitrogens with zero attached hydrogens (tertiary/aromatic N) is 2. The van der Waals surface area contributed by atoms with Gasteiger partial charge in [0.25, 0.3) is 0 Å². The van der Waals surface area contributed by atoms with Crippen LogP contribution in [0, 0.1) is 12.3 Å². The number of fused-ring (bicyclic) bond motifs is 7. The van der Waals surface area contributed by atoms with Gasteiger partial charge in [0.05, 0.1) is 5.52 Å². The Hall–Kier alpha value is -2.75. The minimum absolute atomic E-state index is 0.0277. The molecule has 5 rings (SSSR count). The molecule has 2 N–H and O–H groups in total. The summed E-state index contributed by atoms with van der Waals surface area (Å²) < 4.78 is 2.09. The van der Waals surface area contributed by atoms with Gasteiger partial charge in [0.15, 0.2) is 11.5 Å². The number of aryl methyl sites for hydroxylation is 1. The highest BCUT2D eigenvalue weighted by atomic mass is 16.3. The molecule has 150 valence electrons. The van der Waals surface area contributed by atoms with Gasteiger partial charge in [-0.2, -0.15) is 0 Å². The highest BCUT2D eigenvalue weighted by Crippen LogP contribution is 2.66. The summed E-state index contributed by atoms with van der Waals surface area (Å²) in [5.74, 6) is -0.148. The number of imidazole rings is 1. The van der Waals surface area contributed by atoms with Crippen LogP contribution in [-0.2, 0) is 10.8 Å². The zero-order valence-corrected chi connectivity index (χ0v) is 18.2. The lowest BCUT2D eigenvalue weighted by atomic mass is 9.59. The van der Waals surface area contributed by atoms with Crippen LogP contribution in [0.4, 0.5) is 0 Å². The quantitative estimate of drug-likeness (QED) is 0.366. The van der Waals surface area contributed by atoms with E-state index in [9.17, 15) is 10.2 Å². The van der Waals surface area contributed by atoms with E-state index in [1.54, 1.807) is 0 Å². The molecule has 0 aliphatic heterocycles. The first kappa shape index (κ1) is 18.3. The number of hydrogen-bond donors (Lipinski definition) is 2. The lowest BCUT2D eigenvalue weighted by Crippen LogP contribution is -2.42. The molecule has 4 nitrogen and oxygen atoms in total. The Bertz CT molecular complexity index is 1360. The molecule has 4 aromatic rings. The summed E-state index contributed by atoms with van der Waals surface area (Å²) in [4.78, 5) is 4.84. The van der Waals surface area contributed by atoms with Crippen molar-refractivity contribution in [1.82, 2.24) is 9.38 Å². The first-order valence-corrected chi connectivity index (χ1v) is 10.2. The molecule has 0 fully saturated rings. The summed E-state index contributed by atoms with van der Waals surface area (Å²) in [6.45, 7) is 15.4. The van der Waals surface area contributed by atoms with E-state index >= 15 is 0 Å². The molecule has 29 heavy (non-hydrogen) atoms. The lowest BCUT2D eigenvalue weighted by molar-refractivity contribution is 0.124. The molecule has 1 aliphatic carbocycles. The molecule has 0 spiro atoms. The van der Waals surface area contributed by atoms with Crippen molar-refractivity contribution >= 4 is 27.5 Å². The van der Waals surface area contributed by atoms with Gasteiger partial charge in [-0.1, -0.05) is 59.2 Å². The fourth-order valence-electron chi connectivity index (χ4n) is 5.43. The largest absolute Gasteiger partial charge is 0.504 e. The van der Waals surface area contributed by atoms with Crippen molar-refractivity contribution in [3.63, 3.8) is 0 Å². The number of aromatic hydroxyl groups is 2. The van der Waals surface area contributed by atoms with Crippen LogP contribution in [-0.4, -0.2) is 19.6 Å². The topological polar surface area (TPSA) is 57.8 Å². The maximum absolute atomic E-state index is 11.1. The first-order valence-electron chi connectivity index (χ1n) is 10.2. The Balaban J connectivity index is 2.09. The average Bonchev–Trinajstić information content (AvgIpc) is 3.07. The third-order valence-corrected chi connectivity index (χ3v) is 8.31. The molecule has 0 bridgehead atoms. The van der Waals surface area contributed by atoms with Crippen molar-refractivity contribution in [2.75, 3.05) is 0 Å². The molecule has 0 atom stereocenters. The van der Waals surface area contributed by atoms with Gasteiger partial charge < -0.3 is 10.2 Å². The van der Waals surface area contributed by atoms with Crippen LogP contribution in [0.25, 0.3) is 27.5 Å². The van der Waals surface area contributed by atoms with Gasteiger partial charge in [-0.25, -0.2) is 4.98 Å². The standard InChI is InChI=1S/C25H28N2O2/c1-13-8-9-14-10-11-27-19-16-17(24(4,5)25(6,7)23(16,2)3)20(28)21(29)18(19)26-22(27)15(14)12-13/h8-12,28-29H,1-7H3. The summed E-state index contributed by atoms with van der Waals surface area (Å²) in [6, 6.07) is 8.42. The molecule has 4 heteroatoms. The number of pyridine rings is 1. The second-order valence-corrected chi connectivity index (χ2v) is 10.2. The molecule has 2 heterocycles. The van der Waals surface area contributed by atoms with E-state index in [2.05, 4.69) is 77.1 Å². The number of hydrogen-bond acceptors (Lipinski definition) is 3. The molecule has 0 saturated heterocycles. The fraction of sp³-hybridized carbons (Fsp3) is 0.400. The van der Waals surface area contributed by atoms with E-state index in [0.717, 1.165) is 38.6 Å². The highest BCUT2D eigenvalue weighted by Gasteiger charge is 2.59. The third-order valence-electron chi connectivity index (χ3n) is 8.31. The van der Waals surface area contributed by atoms with Crippen LogP contribution in [0.3, 0.4) is 0 Å². The van der Waals surface area contributed by atoms with Crippen LogP contribution >= 0.6 is 0 Å². The Kier molecular flexibility index (Phi) is 3.18. The smallest absolute Gasteiger partial charge is 0.186 e. The third kappa shape index (κ3) is 1.88. The van der Waals surface area contributed by atoms with E-state index in [1.807, 2.05) is 6.20 Å². The van der Waals surface area contributed by atoms with Crippen LogP contribution in [0.15, 0.2) is 30.5 Å². The van der Waals surface area contributed by atoms with E-state index in [-0.39, 0.29) is 27.7 Å². The normalized spacial score (nSPS) is 19.3. The first-order chi connectivity index (χ1) is 13.4. The van der Waals surface area contributed by atoms with Crippen LogP contribution in [0.2, 0.25) is 0 Å². The van der Waals surface area contributed by atoms with Crippen molar-refractivity contribution in [2.45, 2.75) is 59.3 Å². The number of rotatable bonds is 0. The monoisotopic (exact) mass is 388 g/mol. The number of aromatic nitrogens is 2. The minimum atomic E-state index is -0.320. The molecule has 2 aromatic carbocycles. The van der Waals surface area contributed by atoms with Crippen molar-refractivity contribution in [2.24, 2.45) is 5.41 Å². The zero-order valence-electron chi connectivity index (χ0n) is 18.2. The Morgan fingerprint density at radius 3 is 2.21 bits per heavy atom. The Labute approximate surface area is 170 Å². The molecular formula is C25H28N2O2. The van der Waals surface area contributed by atoms with Crippen LogP contribution in [0.1, 0.15) is 58.2 Å². The highest BCUT2D eigenvalue weighted by molar-refractivity contribution is 6.02. The number of benzene rings is 2. The molecule has 0 unspecified atom stereocenters. The molecule has 0 radical (unpaired) electrons. The predicted molar refractivity (Wildman–Crippen MR) is 118 cm³/mol. The maximum atomic E-state index is 11.1. The lowest BCUT2D eigenvalue weighted by Gasteiger charge is -2.44. The van der Waals surface area contributed by atoms with Crippen LogP contribution in [0.5, 0.6) is 11.5 Å². The second kappa shape index (κ2) is 5.05. The summed E-state index contributed by atoms with van der Waals surface area (Å²) in [5.41, 5.74) is 4.57. The molecule has 0 saturated carbocycles. The van der Waals surface area contributed by atoms with E-state index in [4.69, 9.17) is 4.98 Å². The van der Waals surface area contributed by atoms with Crippen molar-refractivity contribution in [3.8, 4) is 11.5 Å². The Morgan fingerprint density at radius 2 is 1.52 bits per heavy atom. The van der Waals surface area contributed by atoms with E-state index in [1.165, 1.54) is 0 Å². The summed E-state index contributed by atoms with van der Waals surface area (Å²) in [5, 5.41) is 24.3. The molecule has 1 aliphatic rings. The zero-order chi connectivity index (χ0) is 21.1. The van der Waals surface area contributed by atoms with Gasteiger partial charge in [-0.3, -0.25) is 4.40 Å². The van der Waals surface area contributed by atoms with Gasteiger partial charge in [0.2, 0.25) is 0 Å². The summed E-state index contributed by atoms with van der Waals surface area (Å²) >= 11 is 0. The van der Waals surface area contributed by atoms with Gasteiger partial charge in [0.1, 0.15) is 11.2 Å². The summed E-state index contributed by atoms with van der Waals surface area (Å²) in [7, 11) is 0. The van der Waals surface area contributed by atoms with Crippen molar-refractivity contribution in [1.29, 1.82) is 0 Å². The number of phenols is 2. The van der Waals surface area contributed by atoms with Crippen molar-refractivity contribution in [3.05, 3.63) is 47.2 Å². The van der Waals surface area contributed by atoms with Gasteiger partial charge in [-0.05, 0) is 46.3 Å². The van der Waals surface area contributed by atoms with Crippen LogP contribution < -0.4 is 0 Å². The predicted octanol–water partition coefficient (Wildman–Crippen LogP) is 5.96. The number of phenolic OH excluding ortho intramolecular Hbond substituents is 2. The molecular weight excluding hydrogens is 360 g/mol. The maximum Gasteiger partial charge on any atom is 0.186 e. The van der Waals surface area contributed by atoms with Gasteiger partial charge >= 0.3 is 0 Å².